The Morgan fingerprint density at radius 3 is 2.27 bits per heavy atom. The SMILES string of the molecule is CN(CCC(Oc1ccc(C=CC(=O)O)cc1)c1ccccc1)C(=O)OC(C)(C)C. The molecule has 0 saturated heterocycles. The van der Waals surface area contributed by atoms with E-state index in [4.69, 9.17) is 14.6 Å². The van der Waals surface area contributed by atoms with Crippen LogP contribution < -0.4 is 4.74 Å². The average molecular weight is 411 g/mol. The van der Waals surface area contributed by atoms with Crippen molar-refractivity contribution in [1.29, 1.82) is 0 Å². The highest BCUT2D eigenvalue weighted by atomic mass is 16.6. The fraction of sp³-hybridized carbons (Fsp3) is 0.333. The Morgan fingerprint density at radius 1 is 1.07 bits per heavy atom. The third-order valence-corrected chi connectivity index (χ3v) is 4.18. The smallest absolute Gasteiger partial charge is 0.410 e. The number of benzene rings is 2. The highest BCUT2D eigenvalue weighted by Crippen LogP contribution is 2.26. The molecule has 0 aromatic heterocycles. The Balaban J connectivity index is 2.07. The maximum Gasteiger partial charge on any atom is 0.410 e. The van der Waals surface area contributed by atoms with Crippen LogP contribution >= 0.6 is 0 Å². The second-order valence-corrected chi connectivity index (χ2v) is 7.95. The zero-order valence-corrected chi connectivity index (χ0v) is 17.9. The summed E-state index contributed by atoms with van der Waals surface area (Å²) in [4.78, 5) is 24.4. The minimum absolute atomic E-state index is 0.253. The molecular formula is C24H29NO5. The topological polar surface area (TPSA) is 76.1 Å². The minimum atomic E-state index is -0.992. The molecule has 0 radical (unpaired) electrons. The molecule has 0 aliphatic rings. The summed E-state index contributed by atoms with van der Waals surface area (Å²) in [7, 11) is 1.71. The molecule has 6 nitrogen and oxygen atoms in total. The van der Waals surface area contributed by atoms with Gasteiger partial charge in [0, 0.05) is 26.1 Å². The fourth-order valence-electron chi connectivity index (χ4n) is 2.69. The third kappa shape index (κ3) is 7.99. The Hall–Kier alpha value is -3.28. The van der Waals surface area contributed by atoms with Gasteiger partial charge in [0.15, 0.2) is 0 Å². The first-order valence-corrected chi connectivity index (χ1v) is 9.81. The number of nitrogens with zero attached hydrogens (tertiary/aromatic N) is 1. The molecule has 0 aliphatic heterocycles. The number of amides is 1. The van der Waals surface area contributed by atoms with E-state index in [-0.39, 0.29) is 12.2 Å². The maximum atomic E-state index is 12.2. The molecule has 30 heavy (non-hydrogen) atoms. The minimum Gasteiger partial charge on any atom is -0.486 e. The number of ether oxygens (including phenoxy) is 2. The van der Waals surface area contributed by atoms with E-state index in [0.717, 1.165) is 17.2 Å². The Labute approximate surface area is 177 Å². The quantitative estimate of drug-likeness (QED) is 0.607. The predicted molar refractivity (Wildman–Crippen MR) is 116 cm³/mol. The molecule has 1 unspecified atom stereocenters. The lowest BCUT2D eigenvalue weighted by Crippen LogP contribution is -2.35. The van der Waals surface area contributed by atoms with Crippen LogP contribution in [0.2, 0.25) is 0 Å². The Morgan fingerprint density at radius 2 is 1.70 bits per heavy atom. The summed E-state index contributed by atoms with van der Waals surface area (Å²) in [5.41, 5.74) is 1.23. The summed E-state index contributed by atoms with van der Waals surface area (Å²) in [5.74, 6) is -0.329. The van der Waals surface area contributed by atoms with Crippen molar-refractivity contribution in [3.63, 3.8) is 0 Å². The summed E-state index contributed by atoms with van der Waals surface area (Å²) >= 11 is 0. The van der Waals surface area contributed by atoms with Gasteiger partial charge < -0.3 is 19.5 Å². The zero-order chi connectivity index (χ0) is 22.1. The second kappa shape index (κ2) is 10.5. The van der Waals surface area contributed by atoms with Gasteiger partial charge in [0.25, 0.3) is 0 Å². The Kier molecular flexibility index (Phi) is 8.04. The van der Waals surface area contributed by atoms with Crippen molar-refractivity contribution in [1.82, 2.24) is 4.90 Å². The number of hydrogen-bond acceptors (Lipinski definition) is 4. The number of carbonyl (C=O) groups excluding carboxylic acids is 1. The molecular weight excluding hydrogens is 382 g/mol. The first-order valence-electron chi connectivity index (χ1n) is 9.81. The lowest BCUT2D eigenvalue weighted by molar-refractivity contribution is -0.131. The largest absolute Gasteiger partial charge is 0.486 e. The summed E-state index contributed by atoms with van der Waals surface area (Å²) < 4.78 is 11.6. The van der Waals surface area contributed by atoms with E-state index in [9.17, 15) is 9.59 Å². The summed E-state index contributed by atoms with van der Waals surface area (Å²) in [6.45, 7) is 5.98. The maximum absolute atomic E-state index is 12.2. The summed E-state index contributed by atoms with van der Waals surface area (Å²) in [6, 6.07) is 17.0. The monoisotopic (exact) mass is 411 g/mol. The van der Waals surface area contributed by atoms with Gasteiger partial charge in [-0.3, -0.25) is 0 Å². The van der Waals surface area contributed by atoms with Crippen molar-refractivity contribution in [3.05, 3.63) is 71.8 Å². The van der Waals surface area contributed by atoms with Gasteiger partial charge in [-0.05, 0) is 50.1 Å². The zero-order valence-electron chi connectivity index (χ0n) is 17.9. The van der Waals surface area contributed by atoms with E-state index in [0.29, 0.717) is 18.7 Å². The third-order valence-electron chi connectivity index (χ3n) is 4.18. The first kappa shape index (κ1) is 23.0. The van der Waals surface area contributed by atoms with Gasteiger partial charge >= 0.3 is 12.1 Å². The number of hydrogen-bond donors (Lipinski definition) is 1. The molecule has 2 aromatic rings. The molecule has 0 fully saturated rings. The molecule has 2 aromatic carbocycles. The van der Waals surface area contributed by atoms with Crippen LogP contribution in [0.3, 0.4) is 0 Å². The van der Waals surface area contributed by atoms with E-state index < -0.39 is 11.6 Å². The van der Waals surface area contributed by atoms with E-state index in [2.05, 4.69) is 0 Å². The highest BCUT2D eigenvalue weighted by Gasteiger charge is 2.21. The standard InChI is InChI=1S/C24H29NO5/c1-24(2,3)30-23(28)25(4)17-16-21(19-8-6-5-7-9-19)29-20-13-10-18(11-14-20)12-15-22(26)27/h5-15,21H,16-17H2,1-4H3,(H,26,27). The van der Waals surface area contributed by atoms with Crippen molar-refractivity contribution in [2.45, 2.75) is 38.9 Å². The fourth-order valence-corrected chi connectivity index (χ4v) is 2.69. The molecule has 160 valence electrons. The van der Waals surface area contributed by atoms with Crippen LogP contribution in [0.1, 0.15) is 44.4 Å². The molecule has 1 atom stereocenters. The second-order valence-electron chi connectivity index (χ2n) is 7.95. The van der Waals surface area contributed by atoms with Crippen molar-refractivity contribution < 1.29 is 24.2 Å². The van der Waals surface area contributed by atoms with Crippen molar-refractivity contribution >= 4 is 18.1 Å². The van der Waals surface area contributed by atoms with Gasteiger partial charge in [0.05, 0.1) is 0 Å². The number of rotatable bonds is 8. The van der Waals surface area contributed by atoms with Crippen molar-refractivity contribution in [2.24, 2.45) is 0 Å². The van der Waals surface area contributed by atoms with Gasteiger partial charge in [-0.1, -0.05) is 42.5 Å². The average Bonchev–Trinajstić information content (AvgIpc) is 2.69. The molecule has 1 amide bonds. The number of carboxylic acid groups (broad SMARTS) is 1. The van der Waals surface area contributed by atoms with E-state index in [1.807, 2.05) is 51.1 Å². The van der Waals surface area contributed by atoms with Crippen LogP contribution in [-0.4, -0.2) is 41.3 Å². The van der Waals surface area contributed by atoms with Gasteiger partial charge in [-0.15, -0.1) is 0 Å². The van der Waals surface area contributed by atoms with Crippen LogP contribution in [0.5, 0.6) is 5.75 Å². The van der Waals surface area contributed by atoms with E-state index >= 15 is 0 Å². The molecule has 6 heteroatoms. The molecule has 0 aliphatic carbocycles. The number of carboxylic acids is 1. The van der Waals surface area contributed by atoms with Crippen LogP contribution in [0.15, 0.2) is 60.7 Å². The number of carbonyl (C=O) groups is 2. The Bertz CT molecular complexity index is 853. The van der Waals surface area contributed by atoms with Gasteiger partial charge in [0.1, 0.15) is 17.5 Å². The summed E-state index contributed by atoms with van der Waals surface area (Å²) in [5, 5.41) is 8.73. The van der Waals surface area contributed by atoms with Crippen LogP contribution in [0.4, 0.5) is 4.79 Å². The highest BCUT2D eigenvalue weighted by molar-refractivity contribution is 5.85. The molecule has 2 rings (SSSR count). The molecule has 0 heterocycles. The predicted octanol–water partition coefficient (Wildman–Crippen LogP) is 5.16. The van der Waals surface area contributed by atoms with Gasteiger partial charge in [0.2, 0.25) is 0 Å². The first-order chi connectivity index (χ1) is 14.1. The summed E-state index contributed by atoms with van der Waals surface area (Å²) in [6.07, 6.45) is 2.58. The lowest BCUT2D eigenvalue weighted by atomic mass is 10.1. The van der Waals surface area contributed by atoms with Crippen molar-refractivity contribution in [3.8, 4) is 5.75 Å². The van der Waals surface area contributed by atoms with Crippen LogP contribution in [-0.2, 0) is 9.53 Å². The van der Waals surface area contributed by atoms with E-state index in [1.165, 1.54) is 6.08 Å². The van der Waals surface area contributed by atoms with Crippen molar-refractivity contribution in [2.75, 3.05) is 13.6 Å². The van der Waals surface area contributed by atoms with Crippen LogP contribution in [0, 0.1) is 0 Å². The normalized spacial score (nSPS) is 12.4. The lowest BCUT2D eigenvalue weighted by Gasteiger charge is -2.26. The molecule has 0 bridgehead atoms. The van der Waals surface area contributed by atoms with Gasteiger partial charge in [-0.25, -0.2) is 9.59 Å². The number of aliphatic carboxylic acids is 1. The van der Waals surface area contributed by atoms with E-state index in [1.54, 1.807) is 36.2 Å². The molecule has 0 spiro atoms. The van der Waals surface area contributed by atoms with Crippen LogP contribution in [0.25, 0.3) is 6.08 Å². The van der Waals surface area contributed by atoms with Gasteiger partial charge in [-0.2, -0.15) is 0 Å². The molecule has 0 saturated carbocycles. The molecule has 1 N–H and O–H groups in total.